The summed E-state index contributed by atoms with van der Waals surface area (Å²) >= 11 is 2.61. The zero-order valence-electron chi connectivity index (χ0n) is 12.6. The molecular weight excluding hydrogens is 370 g/mol. The molecule has 1 aromatic carbocycles. The van der Waals surface area contributed by atoms with E-state index in [4.69, 9.17) is 4.74 Å². The van der Waals surface area contributed by atoms with Crippen LogP contribution < -0.4 is 5.32 Å². The zero-order chi connectivity index (χ0) is 17.2. The SMILES string of the molecule is CSc1nnc(NC(=O)C2=C(c3ccccc3)S(=O)(=O)CCO2)s1. The Morgan fingerprint density at radius 1 is 1.29 bits per heavy atom. The van der Waals surface area contributed by atoms with Crippen molar-refractivity contribution in [2.75, 3.05) is 23.9 Å². The van der Waals surface area contributed by atoms with Crippen LogP contribution >= 0.6 is 23.1 Å². The third-order valence-electron chi connectivity index (χ3n) is 3.16. The predicted octanol–water partition coefficient (Wildman–Crippen LogP) is 2.01. The van der Waals surface area contributed by atoms with Gasteiger partial charge < -0.3 is 4.74 Å². The summed E-state index contributed by atoms with van der Waals surface area (Å²) in [4.78, 5) is 12.4. The molecule has 1 aliphatic rings. The van der Waals surface area contributed by atoms with Crippen molar-refractivity contribution in [3.05, 3.63) is 41.7 Å². The lowest BCUT2D eigenvalue weighted by molar-refractivity contribution is -0.115. The first-order valence-corrected chi connectivity index (χ1v) is 10.5. The Morgan fingerprint density at radius 2 is 2.04 bits per heavy atom. The summed E-state index contributed by atoms with van der Waals surface area (Å²) in [6.45, 7) is -0.0619. The molecule has 0 radical (unpaired) electrons. The number of benzene rings is 1. The van der Waals surface area contributed by atoms with Gasteiger partial charge in [0.15, 0.2) is 14.2 Å². The van der Waals surface area contributed by atoms with Gasteiger partial charge in [0, 0.05) is 0 Å². The van der Waals surface area contributed by atoms with Crippen LogP contribution in [0.4, 0.5) is 5.13 Å². The molecule has 24 heavy (non-hydrogen) atoms. The number of hydrogen-bond donors (Lipinski definition) is 1. The van der Waals surface area contributed by atoms with Crippen LogP contribution in [0.15, 0.2) is 40.4 Å². The summed E-state index contributed by atoms with van der Waals surface area (Å²) in [7, 11) is -3.61. The monoisotopic (exact) mass is 383 g/mol. The van der Waals surface area contributed by atoms with Gasteiger partial charge in [0.25, 0.3) is 5.91 Å². The highest BCUT2D eigenvalue weighted by molar-refractivity contribution is 8.00. The van der Waals surface area contributed by atoms with Crippen molar-refractivity contribution >= 4 is 48.9 Å². The predicted molar refractivity (Wildman–Crippen MR) is 93.4 cm³/mol. The molecule has 2 aromatic rings. The normalized spacial score (nSPS) is 16.5. The van der Waals surface area contributed by atoms with Gasteiger partial charge in [-0.25, -0.2) is 8.42 Å². The molecule has 3 rings (SSSR count). The van der Waals surface area contributed by atoms with Crippen LogP contribution in [0.5, 0.6) is 0 Å². The van der Waals surface area contributed by atoms with Gasteiger partial charge in [0.1, 0.15) is 11.5 Å². The summed E-state index contributed by atoms with van der Waals surface area (Å²) in [6.07, 6.45) is 1.85. The number of carbonyl (C=O) groups is 1. The van der Waals surface area contributed by atoms with Gasteiger partial charge in [-0.3, -0.25) is 10.1 Å². The Hall–Kier alpha value is -1.91. The summed E-state index contributed by atoms with van der Waals surface area (Å²) < 4.78 is 31.0. The van der Waals surface area contributed by atoms with E-state index in [1.54, 1.807) is 30.3 Å². The number of amides is 1. The molecule has 1 amide bonds. The minimum atomic E-state index is -3.61. The molecule has 7 nitrogen and oxygen atoms in total. The van der Waals surface area contributed by atoms with Crippen molar-refractivity contribution in [2.45, 2.75) is 4.34 Å². The number of hydrogen-bond acceptors (Lipinski definition) is 8. The highest BCUT2D eigenvalue weighted by Crippen LogP contribution is 2.31. The zero-order valence-corrected chi connectivity index (χ0v) is 15.0. The van der Waals surface area contributed by atoms with Crippen molar-refractivity contribution in [1.82, 2.24) is 10.2 Å². The number of aromatic nitrogens is 2. The molecular formula is C14H13N3O4S3. The number of sulfone groups is 1. The molecule has 0 atom stereocenters. The summed E-state index contributed by atoms with van der Waals surface area (Å²) in [6, 6.07) is 8.44. The van der Waals surface area contributed by atoms with Gasteiger partial charge in [0.2, 0.25) is 10.9 Å². The molecule has 0 saturated heterocycles. The van der Waals surface area contributed by atoms with E-state index in [-0.39, 0.29) is 28.2 Å². The van der Waals surface area contributed by atoms with E-state index < -0.39 is 15.7 Å². The van der Waals surface area contributed by atoms with Crippen LogP contribution in [-0.2, 0) is 19.4 Å². The molecule has 0 spiro atoms. The van der Waals surface area contributed by atoms with Crippen LogP contribution in [-0.4, -0.2) is 43.1 Å². The number of nitrogens with one attached hydrogen (secondary N) is 1. The third-order valence-corrected chi connectivity index (χ3v) is 6.72. The maximum atomic E-state index is 12.5. The van der Waals surface area contributed by atoms with Gasteiger partial charge in [-0.2, -0.15) is 0 Å². The lowest BCUT2D eigenvalue weighted by Crippen LogP contribution is -2.28. The molecule has 10 heteroatoms. The minimum absolute atomic E-state index is 0.0619. The van der Waals surface area contributed by atoms with E-state index in [0.29, 0.717) is 9.90 Å². The highest BCUT2D eigenvalue weighted by Gasteiger charge is 2.33. The van der Waals surface area contributed by atoms with Crippen LogP contribution in [0.2, 0.25) is 0 Å². The van der Waals surface area contributed by atoms with Crippen molar-refractivity contribution in [3.63, 3.8) is 0 Å². The molecule has 1 aliphatic heterocycles. The van der Waals surface area contributed by atoms with E-state index >= 15 is 0 Å². The molecule has 1 aromatic heterocycles. The van der Waals surface area contributed by atoms with Crippen LogP contribution in [0.1, 0.15) is 5.56 Å². The van der Waals surface area contributed by atoms with Crippen molar-refractivity contribution in [1.29, 1.82) is 0 Å². The van der Waals surface area contributed by atoms with Crippen LogP contribution in [0.25, 0.3) is 4.91 Å². The fraction of sp³-hybridized carbons (Fsp3) is 0.214. The Bertz CT molecular complexity index is 891. The molecule has 0 unspecified atom stereocenters. The maximum Gasteiger partial charge on any atom is 0.293 e. The molecule has 126 valence electrons. The van der Waals surface area contributed by atoms with Crippen LogP contribution in [0.3, 0.4) is 0 Å². The Morgan fingerprint density at radius 3 is 2.71 bits per heavy atom. The minimum Gasteiger partial charge on any atom is -0.486 e. The third kappa shape index (κ3) is 3.45. The fourth-order valence-electron chi connectivity index (χ4n) is 2.13. The smallest absolute Gasteiger partial charge is 0.293 e. The summed E-state index contributed by atoms with van der Waals surface area (Å²) in [5, 5.41) is 10.6. The van der Waals surface area contributed by atoms with E-state index in [1.807, 2.05) is 6.26 Å². The Labute approximate surface area is 147 Å². The standard InChI is InChI=1S/C14H13N3O4S3/c1-22-14-17-16-13(23-14)15-12(18)10-11(9-5-3-2-4-6-9)24(19,20)8-7-21-10/h2-6H,7-8H2,1H3,(H,15,16,18). The quantitative estimate of drug-likeness (QED) is 0.637. The van der Waals surface area contributed by atoms with Crippen LogP contribution in [0, 0.1) is 0 Å². The molecule has 0 bridgehead atoms. The molecule has 1 N–H and O–H groups in total. The lowest BCUT2D eigenvalue weighted by Gasteiger charge is -2.20. The fourth-order valence-corrected chi connectivity index (χ4v) is 4.73. The molecule has 0 fully saturated rings. The second-order valence-corrected chi connectivity index (χ2v) is 8.80. The van der Waals surface area contributed by atoms with Crippen molar-refractivity contribution < 1.29 is 17.9 Å². The second-order valence-electron chi connectivity index (χ2n) is 4.72. The molecule has 0 saturated carbocycles. The van der Waals surface area contributed by atoms with Gasteiger partial charge in [-0.05, 0) is 11.8 Å². The second kappa shape index (κ2) is 6.91. The average molecular weight is 383 g/mol. The highest BCUT2D eigenvalue weighted by atomic mass is 32.2. The van der Waals surface area contributed by atoms with E-state index in [0.717, 1.165) is 0 Å². The van der Waals surface area contributed by atoms with Crippen molar-refractivity contribution in [2.24, 2.45) is 0 Å². The van der Waals surface area contributed by atoms with E-state index in [9.17, 15) is 13.2 Å². The Balaban J connectivity index is 2.00. The van der Waals surface area contributed by atoms with Gasteiger partial charge >= 0.3 is 0 Å². The number of carbonyl (C=O) groups excluding carboxylic acids is 1. The van der Waals surface area contributed by atoms with Gasteiger partial charge in [-0.1, -0.05) is 53.4 Å². The first-order chi connectivity index (χ1) is 11.5. The van der Waals surface area contributed by atoms with Gasteiger partial charge in [-0.15, -0.1) is 10.2 Å². The number of rotatable bonds is 4. The molecule has 2 heterocycles. The van der Waals surface area contributed by atoms with E-state index in [1.165, 1.54) is 23.1 Å². The number of anilines is 1. The largest absolute Gasteiger partial charge is 0.486 e. The Kier molecular flexibility index (Phi) is 4.88. The number of nitrogens with zero attached hydrogens (tertiary/aromatic N) is 2. The first-order valence-electron chi connectivity index (χ1n) is 6.85. The summed E-state index contributed by atoms with van der Waals surface area (Å²) in [5.41, 5.74) is 0.421. The van der Waals surface area contributed by atoms with E-state index in [2.05, 4.69) is 15.5 Å². The first kappa shape index (κ1) is 16.9. The van der Waals surface area contributed by atoms with Gasteiger partial charge in [0.05, 0.1) is 5.75 Å². The molecule has 0 aliphatic carbocycles. The average Bonchev–Trinajstić information content (AvgIpc) is 3.02. The maximum absolute atomic E-state index is 12.5. The van der Waals surface area contributed by atoms with Crippen molar-refractivity contribution in [3.8, 4) is 0 Å². The summed E-state index contributed by atoms with van der Waals surface area (Å²) in [5.74, 6) is -1.03. The lowest BCUT2D eigenvalue weighted by atomic mass is 10.2. The topological polar surface area (TPSA) is 98.3 Å². The number of ether oxygens (including phenoxy) is 1. The number of thioether (sulfide) groups is 1.